The highest BCUT2D eigenvalue weighted by molar-refractivity contribution is 5.86. The monoisotopic (exact) mass is 708 g/mol. The number of nitrogens with one attached hydrogen (secondary N) is 1. The molecular weight excluding hydrogens is 664 g/mol. The third-order valence-corrected chi connectivity index (χ3v) is 11.0. The predicted molar refractivity (Wildman–Crippen MR) is 187 cm³/mol. The molecule has 0 amide bonds. The Kier molecular flexibility index (Phi) is 9.57. The molecule has 2 aromatic heterocycles. The van der Waals surface area contributed by atoms with E-state index in [9.17, 15) is 13.2 Å². The van der Waals surface area contributed by atoms with E-state index in [1.807, 2.05) is 26.0 Å². The zero-order valence-corrected chi connectivity index (χ0v) is 29.4. The summed E-state index contributed by atoms with van der Waals surface area (Å²) in [6.45, 7) is 7.22. The Bertz CT molecular complexity index is 1870. The van der Waals surface area contributed by atoms with Crippen molar-refractivity contribution >= 4 is 23.0 Å². The molecule has 2 aromatic carbocycles. The highest BCUT2D eigenvalue weighted by Gasteiger charge is 2.41. The van der Waals surface area contributed by atoms with E-state index >= 15 is 4.39 Å². The number of halogens is 4. The first-order valence-electron chi connectivity index (χ1n) is 17.4. The van der Waals surface area contributed by atoms with E-state index in [-0.39, 0.29) is 17.7 Å². The molecule has 3 saturated heterocycles. The lowest BCUT2D eigenvalue weighted by Gasteiger charge is -2.50. The van der Waals surface area contributed by atoms with E-state index in [4.69, 9.17) is 9.57 Å². The lowest BCUT2D eigenvalue weighted by molar-refractivity contribution is 0.0112. The third kappa shape index (κ3) is 6.83. The highest BCUT2D eigenvalue weighted by atomic mass is 19.2. The molecule has 0 bridgehead atoms. The first-order chi connectivity index (χ1) is 24.5. The van der Waals surface area contributed by atoms with Gasteiger partial charge in [-0.15, -0.1) is 5.10 Å². The van der Waals surface area contributed by atoms with Crippen molar-refractivity contribution in [2.45, 2.75) is 57.5 Å². The Hall–Kier alpha value is -4.43. The van der Waals surface area contributed by atoms with Crippen LogP contribution >= 0.6 is 0 Å². The van der Waals surface area contributed by atoms with Gasteiger partial charge in [0.1, 0.15) is 24.6 Å². The molecule has 51 heavy (non-hydrogen) atoms. The van der Waals surface area contributed by atoms with Crippen LogP contribution in [0.25, 0.3) is 11.1 Å². The van der Waals surface area contributed by atoms with Crippen LogP contribution in [-0.4, -0.2) is 76.8 Å². The second-order valence-electron chi connectivity index (χ2n) is 14.5. The fourth-order valence-electron chi connectivity index (χ4n) is 7.78. The third-order valence-electron chi connectivity index (χ3n) is 11.0. The molecule has 7 rings (SSSR count). The number of rotatable bonds is 9. The number of alkyl halides is 1. The van der Waals surface area contributed by atoms with Crippen molar-refractivity contribution in [1.82, 2.24) is 24.6 Å². The maximum atomic E-state index is 15.4. The van der Waals surface area contributed by atoms with Crippen LogP contribution < -0.4 is 20.0 Å². The van der Waals surface area contributed by atoms with E-state index in [1.165, 1.54) is 28.2 Å². The number of hydrogen-bond acceptors (Lipinski definition) is 9. The van der Waals surface area contributed by atoms with Gasteiger partial charge in [-0.1, -0.05) is 12.1 Å². The summed E-state index contributed by atoms with van der Waals surface area (Å²) in [6, 6.07) is 8.92. The summed E-state index contributed by atoms with van der Waals surface area (Å²) >= 11 is 0. The van der Waals surface area contributed by atoms with Crippen molar-refractivity contribution in [2.24, 2.45) is 12.5 Å². The first-order valence-corrected chi connectivity index (χ1v) is 17.4. The van der Waals surface area contributed by atoms with Crippen LogP contribution in [-0.2, 0) is 11.9 Å². The van der Waals surface area contributed by atoms with Crippen molar-refractivity contribution in [3.8, 4) is 16.9 Å². The molecule has 1 atom stereocenters. The second-order valence-corrected chi connectivity index (χ2v) is 14.5. The van der Waals surface area contributed by atoms with Crippen LogP contribution in [0.3, 0.4) is 0 Å². The quantitative estimate of drug-likeness (QED) is 0.179. The molecule has 3 aliphatic heterocycles. The Morgan fingerprint density at radius 3 is 2.43 bits per heavy atom. The predicted octanol–water partition coefficient (Wildman–Crippen LogP) is 7.36. The molecule has 272 valence electrons. The summed E-state index contributed by atoms with van der Waals surface area (Å²) in [4.78, 5) is 19.1. The normalized spacial score (nSPS) is 19.6. The number of nitrogens with zero attached hydrogens (tertiary/aromatic N) is 7. The number of hydrogen-bond donors (Lipinski definition) is 1. The zero-order valence-electron chi connectivity index (χ0n) is 29.4. The summed E-state index contributed by atoms with van der Waals surface area (Å²) in [5.74, 6) is -1.16. The zero-order chi connectivity index (χ0) is 35.9. The molecule has 3 aliphatic rings. The summed E-state index contributed by atoms with van der Waals surface area (Å²) < 4.78 is 65.2. The number of ether oxygens (including phenoxy) is 1. The van der Waals surface area contributed by atoms with E-state index in [0.29, 0.717) is 47.2 Å². The van der Waals surface area contributed by atoms with Gasteiger partial charge in [-0.25, -0.2) is 28.2 Å². The van der Waals surface area contributed by atoms with Gasteiger partial charge < -0.3 is 15.0 Å². The van der Waals surface area contributed by atoms with Crippen LogP contribution in [0, 0.1) is 23.0 Å². The van der Waals surface area contributed by atoms with E-state index in [0.717, 1.165) is 63.6 Å². The summed E-state index contributed by atoms with van der Waals surface area (Å²) in [7, 11) is 3.26. The lowest BCUT2D eigenvalue weighted by Crippen LogP contribution is -2.53. The minimum absolute atomic E-state index is 0.177. The van der Waals surface area contributed by atoms with E-state index in [1.54, 1.807) is 26.4 Å². The number of piperidine rings is 2. The molecule has 10 nitrogen and oxygen atoms in total. The molecule has 0 aliphatic carbocycles. The second kappa shape index (κ2) is 13.9. The van der Waals surface area contributed by atoms with Crippen LogP contribution in [0.2, 0.25) is 0 Å². The number of anilines is 4. The maximum Gasteiger partial charge on any atom is 0.240 e. The van der Waals surface area contributed by atoms with Crippen LogP contribution in [0.1, 0.15) is 57.6 Å². The number of methoxy groups -OCH3 is 1. The SMILES string of the molecule is COc1cc(N2CCC3(CC2)CCN(C(C)(C)CF)CC3)c(-c2cn(C)nc2F)cc1Nc1cc(N2OCC[C@@H]2c2cccc(F)c2F)ncn1. The molecular formula is C37H44F4N8O2. The lowest BCUT2D eigenvalue weighted by atomic mass is 9.70. The van der Waals surface area contributed by atoms with E-state index < -0.39 is 29.2 Å². The van der Waals surface area contributed by atoms with Gasteiger partial charge in [0.25, 0.3) is 0 Å². The Balaban J connectivity index is 1.16. The van der Waals surface area contributed by atoms with E-state index in [2.05, 4.69) is 30.2 Å². The molecule has 3 fully saturated rings. The number of aryl methyl sites for hydroxylation is 1. The standard InChI is InChI=1S/C37H44F4N8O2/c1-36(2,22-38)48-15-11-37(12-16-48)9-13-47(14-10-37)30-19-31(50-4)28(18-25(30)26-21-46(3)45-35(26)41)44-32-20-33(43-23-42-32)49-29(8-17-51-49)24-6-5-7-27(39)34(24)40/h5-7,18-21,23,29H,8-17,22H2,1-4H3,(H,42,43,44)/t29-/m1/s1. The van der Waals surface area contributed by atoms with Gasteiger partial charge in [-0.3, -0.25) is 14.4 Å². The molecule has 0 unspecified atom stereocenters. The van der Waals surface area contributed by atoms with Crippen LogP contribution in [0.15, 0.2) is 48.9 Å². The van der Waals surface area contributed by atoms with Crippen LogP contribution in [0.5, 0.6) is 5.75 Å². The summed E-state index contributed by atoms with van der Waals surface area (Å²) in [6.07, 6.45) is 7.48. The van der Waals surface area contributed by atoms with Crippen molar-refractivity contribution in [2.75, 3.05) is 61.9 Å². The molecule has 4 aromatic rings. The highest BCUT2D eigenvalue weighted by Crippen LogP contribution is 2.47. The van der Waals surface area contributed by atoms with Crippen molar-refractivity contribution in [1.29, 1.82) is 0 Å². The van der Waals surface area contributed by atoms with Crippen LogP contribution in [0.4, 0.5) is 40.6 Å². The summed E-state index contributed by atoms with van der Waals surface area (Å²) in [5, 5.41) is 8.76. The van der Waals surface area contributed by atoms with Crippen molar-refractivity contribution in [3.05, 3.63) is 72.1 Å². The van der Waals surface area contributed by atoms with Gasteiger partial charge in [-0.2, -0.15) is 4.39 Å². The minimum Gasteiger partial charge on any atom is -0.494 e. The van der Waals surface area contributed by atoms with Crippen molar-refractivity contribution in [3.63, 3.8) is 0 Å². The van der Waals surface area contributed by atoms with Gasteiger partial charge in [0.05, 0.1) is 31.0 Å². The molecule has 0 saturated carbocycles. The largest absolute Gasteiger partial charge is 0.494 e. The Labute approximate surface area is 295 Å². The van der Waals surface area contributed by atoms with Crippen molar-refractivity contribution < 1.29 is 27.1 Å². The van der Waals surface area contributed by atoms with Gasteiger partial charge in [0.15, 0.2) is 17.5 Å². The van der Waals surface area contributed by atoms with Gasteiger partial charge in [0.2, 0.25) is 5.95 Å². The molecule has 1 N–H and O–H groups in total. The van der Waals surface area contributed by atoms with Gasteiger partial charge in [-0.05, 0) is 70.2 Å². The summed E-state index contributed by atoms with van der Waals surface area (Å²) in [5.41, 5.74) is 2.31. The minimum atomic E-state index is -0.926. The smallest absolute Gasteiger partial charge is 0.240 e. The average molecular weight is 709 g/mol. The fourth-order valence-corrected chi connectivity index (χ4v) is 7.78. The van der Waals surface area contributed by atoms with Gasteiger partial charge in [0, 0.05) is 67.2 Å². The molecule has 1 spiro atoms. The number of hydroxylamine groups is 1. The number of likely N-dealkylation sites (tertiary alicyclic amines) is 1. The molecule has 5 heterocycles. The Morgan fingerprint density at radius 1 is 1.00 bits per heavy atom. The molecule has 0 radical (unpaired) electrons. The first kappa shape index (κ1) is 35.0. The maximum absolute atomic E-state index is 15.4. The fraction of sp³-hybridized carbons (Fsp3) is 0.486. The molecule has 14 heteroatoms. The number of aromatic nitrogens is 4. The number of benzene rings is 2. The van der Waals surface area contributed by atoms with Gasteiger partial charge >= 0.3 is 0 Å². The topological polar surface area (TPSA) is 83.8 Å². The average Bonchev–Trinajstić information content (AvgIpc) is 3.76. The Morgan fingerprint density at radius 2 is 1.75 bits per heavy atom.